The monoisotopic (exact) mass is 414 g/mol. The number of benzene rings is 2. The zero-order valence-electron chi connectivity index (χ0n) is 15.7. The van der Waals surface area contributed by atoms with Gasteiger partial charge in [-0.2, -0.15) is 0 Å². The van der Waals surface area contributed by atoms with Crippen LogP contribution >= 0.6 is 11.8 Å². The highest BCUT2D eigenvalue weighted by Crippen LogP contribution is 2.29. The first-order valence-electron chi connectivity index (χ1n) is 8.41. The third kappa shape index (κ3) is 4.63. The lowest BCUT2D eigenvalue weighted by Gasteiger charge is -2.09. The van der Waals surface area contributed by atoms with Gasteiger partial charge >= 0.3 is 0 Å². The number of hydrogen-bond donors (Lipinski definition) is 2. The molecule has 0 unspecified atom stereocenters. The van der Waals surface area contributed by atoms with Crippen LogP contribution in [0.3, 0.4) is 0 Å². The number of nitrogens with one attached hydrogen (secondary N) is 1. The number of amides is 1. The number of nitrogen functional groups attached to an aromatic ring is 1. The second-order valence-corrected chi connectivity index (χ2v) is 6.96. The van der Waals surface area contributed by atoms with Crippen molar-refractivity contribution in [1.82, 2.24) is 14.9 Å². The van der Waals surface area contributed by atoms with E-state index in [9.17, 15) is 14.9 Å². The Morgan fingerprint density at radius 2 is 2.00 bits per heavy atom. The predicted octanol–water partition coefficient (Wildman–Crippen LogP) is 2.61. The fourth-order valence-electron chi connectivity index (χ4n) is 2.49. The number of nitrogens with two attached hydrogens (primary N) is 1. The number of rotatable bonds is 7. The third-order valence-electron chi connectivity index (χ3n) is 3.98. The fourth-order valence-corrected chi connectivity index (χ4v) is 3.14. The van der Waals surface area contributed by atoms with Gasteiger partial charge in [0.05, 0.1) is 29.5 Å². The predicted molar refractivity (Wildman–Crippen MR) is 109 cm³/mol. The number of aromatic nitrogens is 3. The summed E-state index contributed by atoms with van der Waals surface area (Å²) in [5.41, 5.74) is 2.13. The Bertz CT molecular complexity index is 1050. The first-order chi connectivity index (χ1) is 13.9. The average molecular weight is 414 g/mol. The molecule has 0 aliphatic carbocycles. The topological polar surface area (TPSA) is 138 Å². The van der Waals surface area contributed by atoms with Crippen LogP contribution in [0, 0.1) is 17.0 Å². The van der Waals surface area contributed by atoms with Crippen molar-refractivity contribution in [3.8, 4) is 17.1 Å². The van der Waals surface area contributed by atoms with Crippen molar-refractivity contribution < 1.29 is 14.5 Å². The molecule has 0 aliphatic rings. The standard InChI is InChI=1S/C18H18N6O4S/c1-11-3-5-12(6-4-11)17-21-22-18(23(17)19)29-10-16(25)20-14-8-7-13(24(26)27)9-15(14)28-2/h3-9H,10,19H2,1-2H3,(H,20,25). The van der Waals surface area contributed by atoms with Crippen LogP contribution in [0.4, 0.5) is 11.4 Å². The number of nitro groups is 1. The number of nitro benzene ring substituents is 1. The molecular formula is C18H18N6O4S. The minimum atomic E-state index is -0.538. The minimum absolute atomic E-state index is 0.0172. The van der Waals surface area contributed by atoms with Crippen molar-refractivity contribution in [2.45, 2.75) is 12.1 Å². The van der Waals surface area contributed by atoms with Gasteiger partial charge in [0, 0.05) is 11.6 Å². The molecule has 2 aromatic carbocycles. The first kappa shape index (κ1) is 20.1. The SMILES string of the molecule is COc1cc([N+](=O)[O-])ccc1NC(=O)CSc1nnc(-c2ccc(C)cc2)n1N. The van der Waals surface area contributed by atoms with Gasteiger partial charge in [0.25, 0.3) is 5.69 Å². The fraction of sp³-hybridized carbons (Fsp3) is 0.167. The minimum Gasteiger partial charge on any atom is -0.494 e. The van der Waals surface area contributed by atoms with Crippen molar-refractivity contribution in [2.24, 2.45) is 0 Å². The Morgan fingerprint density at radius 1 is 1.28 bits per heavy atom. The number of nitrogens with zero attached hydrogens (tertiary/aromatic N) is 4. The zero-order chi connectivity index (χ0) is 21.0. The zero-order valence-corrected chi connectivity index (χ0v) is 16.5. The average Bonchev–Trinajstić information content (AvgIpc) is 3.07. The van der Waals surface area contributed by atoms with E-state index < -0.39 is 4.92 Å². The van der Waals surface area contributed by atoms with Crippen LogP contribution in [0.1, 0.15) is 5.56 Å². The molecule has 1 amide bonds. The van der Waals surface area contributed by atoms with E-state index >= 15 is 0 Å². The van der Waals surface area contributed by atoms with Crippen LogP contribution in [-0.2, 0) is 4.79 Å². The Labute approximate surface area is 170 Å². The Morgan fingerprint density at radius 3 is 2.66 bits per heavy atom. The molecule has 29 heavy (non-hydrogen) atoms. The lowest BCUT2D eigenvalue weighted by molar-refractivity contribution is -0.384. The molecule has 0 saturated carbocycles. The van der Waals surface area contributed by atoms with E-state index in [-0.39, 0.29) is 23.1 Å². The van der Waals surface area contributed by atoms with Gasteiger partial charge in [0.1, 0.15) is 5.75 Å². The number of hydrogen-bond acceptors (Lipinski definition) is 8. The molecular weight excluding hydrogens is 396 g/mol. The largest absolute Gasteiger partial charge is 0.494 e. The van der Waals surface area contributed by atoms with E-state index in [2.05, 4.69) is 15.5 Å². The van der Waals surface area contributed by atoms with Gasteiger partial charge in [-0.05, 0) is 13.0 Å². The molecule has 11 heteroatoms. The smallest absolute Gasteiger partial charge is 0.273 e. The summed E-state index contributed by atoms with van der Waals surface area (Å²) >= 11 is 1.12. The molecule has 0 radical (unpaired) electrons. The van der Waals surface area contributed by atoms with Crippen molar-refractivity contribution in [3.05, 3.63) is 58.1 Å². The maximum Gasteiger partial charge on any atom is 0.273 e. The molecule has 0 saturated heterocycles. The second kappa shape index (κ2) is 8.61. The molecule has 3 aromatic rings. The molecule has 0 atom stereocenters. The highest BCUT2D eigenvalue weighted by atomic mass is 32.2. The van der Waals surface area contributed by atoms with Gasteiger partial charge in [-0.25, -0.2) is 4.68 Å². The normalized spacial score (nSPS) is 10.6. The lowest BCUT2D eigenvalue weighted by atomic mass is 10.1. The Balaban J connectivity index is 1.66. The summed E-state index contributed by atoms with van der Waals surface area (Å²) in [5.74, 6) is 6.42. The van der Waals surface area contributed by atoms with Crippen molar-refractivity contribution in [1.29, 1.82) is 0 Å². The highest BCUT2D eigenvalue weighted by molar-refractivity contribution is 7.99. The van der Waals surface area contributed by atoms with Crippen LogP contribution in [0.25, 0.3) is 11.4 Å². The number of aryl methyl sites for hydroxylation is 1. The molecule has 3 N–H and O–H groups in total. The lowest BCUT2D eigenvalue weighted by Crippen LogP contribution is -2.17. The van der Waals surface area contributed by atoms with E-state index in [0.29, 0.717) is 16.7 Å². The summed E-state index contributed by atoms with van der Waals surface area (Å²) in [7, 11) is 1.37. The number of non-ortho nitro benzene ring substituents is 1. The van der Waals surface area contributed by atoms with Crippen LogP contribution in [-0.4, -0.2) is 38.6 Å². The number of methoxy groups -OCH3 is 1. The molecule has 150 valence electrons. The number of ether oxygens (including phenoxy) is 1. The van der Waals surface area contributed by atoms with Crippen molar-refractivity contribution >= 4 is 29.0 Å². The van der Waals surface area contributed by atoms with Gasteiger partial charge < -0.3 is 15.9 Å². The van der Waals surface area contributed by atoms with Crippen LogP contribution in [0.15, 0.2) is 47.6 Å². The Hall–Kier alpha value is -3.60. The van der Waals surface area contributed by atoms with E-state index in [0.717, 1.165) is 22.9 Å². The van der Waals surface area contributed by atoms with Crippen LogP contribution < -0.4 is 15.9 Å². The van der Waals surface area contributed by atoms with E-state index in [4.69, 9.17) is 10.6 Å². The van der Waals surface area contributed by atoms with Gasteiger partial charge in [0.15, 0.2) is 5.82 Å². The van der Waals surface area contributed by atoms with Gasteiger partial charge in [0.2, 0.25) is 11.1 Å². The maximum atomic E-state index is 12.3. The number of anilines is 1. The molecule has 0 bridgehead atoms. The summed E-state index contributed by atoms with van der Waals surface area (Å²) in [6.07, 6.45) is 0. The highest BCUT2D eigenvalue weighted by Gasteiger charge is 2.16. The van der Waals surface area contributed by atoms with Crippen molar-refractivity contribution in [3.63, 3.8) is 0 Å². The first-order valence-corrected chi connectivity index (χ1v) is 9.40. The van der Waals surface area contributed by atoms with Crippen LogP contribution in [0.2, 0.25) is 0 Å². The molecule has 0 fully saturated rings. The Kier molecular flexibility index (Phi) is 5.98. The van der Waals surface area contributed by atoms with E-state index in [1.807, 2.05) is 31.2 Å². The summed E-state index contributed by atoms with van der Waals surface area (Å²) in [5, 5.41) is 22.0. The molecule has 1 heterocycles. The summed E-state index contributed by atoms with van der Waals surface area (Å²) in [4.78, 5) is 22.6. The maximum absolute atomic E-state index is 12.3. The van der Waals surface area contributed by atoms with Gasteiger partial charge in [-0.15, -0.1) is 10.2 Å². The summed E-state index contributed by atoms with van der Waals surface area (Å²) < 4.78 is 6.44. The second-order valence-electron chi connectivity index (χ2n) is 6.02. The van der Waals surface area contributed by atoms with E-state index in [1.54, 1.807) is 0 Å². The van der Waals surface area contributed by atoms with Gasteiger partial charge in [-0.3, -0.25) is 14.9 Å². The number of thioether (sulfide) groups is 1. The quantitative estimate of drug-likeness (QED) is 0.260. The molecule has 3 rings (SSSR count). The van der Waals surface area contributed by atoms with Crippen molar-refractivity contribution in [2.75, 3.05) is 24.0 Å². The summed E-state index contributed by atoms with van der Waals surface area (Å²) in [6, 6.07) is 11.6. The van der Waals surface area contributed by atoms with E-state index in [1.165, 1.54) is 30.0 Å². The molecule has 0 spiro atoms. The molecule has 10 nitrogen and oxygen atoms in total. The van der Waals surface area contributed by atoms with Gasteiger partial charge in [-0.1, -0.05) is 41.6 Å². The number of carbonyl (C=O) groups excluding carboxylic acids is 1. The molecule has 1 aromatic heterocycles. The number of carbonyl (C=O) groups is 1. The van der Waals surface area contributed by atoms with Crippen LogP contribution in [0.5, 0.6) is 5.75 Å². The summed E-state index contributed by atoms with van der Waals surface area (Å²) in [6.45, 7) is 1.98. The molecule has 0 aliphatic heterocycles. The third-order valence-corrected chi connectivity index (χ3v) is 4.92.